The van der Waals surface area contributed by atoms with E-state index in [2.05, 4.69) is 87.8 Å². The average Bonchev–Trinajstić information content (AvgIpc) is 3.71. The Hall–Kier alpha value is -3.19. The highest BCUT2D eigenvalue weighted by Crippen LogP contribution is 2.65. The lowest BCUT2D eigenvalue weighted by atomic mass is 9.59. The molecule has 2 aromatic carbocycles. The summed E-state index contributed by atoms with van der Waals surface area (Å²) in [6, 6.07) is 14.9. The van der Waals surface area contributed by atoms with Gasteiger partial charge in [-0.05, 0) is 118 Å². The van der Waals surface area contributed by atoms with E-state index in [4.69, 9.17) is 35.2 Å². The number of halogens is 1. The first-order valence-corrected chi connectivity index (χ1v) is 19.4. The van der Waals surface area contributed by atoms with Crippen LogP contribution in [-0.2, 0) is 33.6 Å². The molecule has 4 spiro atoms. The number of nitrogens with zero attached hydrogens (tertiary/aromatic N) is 5. The molecule has 9 heteroatoms. The number of aliphatic imine (C=N–C) groups is 4. The molecule has 0 amide bonds. The summed E-state index contributed by atoms with van der Waals surface area (Å²) in [6.45, 7) is 15.3. The summed E-state index contributed by atoms with van der Waals surface area (Å²) in [7, 11) is 3.66. The Balaban J connectivity index is 0.000000159. The number of methoxy groups -OCH3 is 2. The molecular formula is C42H53BrN6O2. The zero-order chi connectivity index (χ0) is 36.7. The molecular weight excluding hydrogens is 700 g/mol. The molecule has 6 aliphatic rings. The second kappa shape index (κ2) is 12.7. The van der Waals surface area contributed by atoms with Crippen LogP contribution in [0.3, 0.4) is 0 Å². The van der Waals surface area contributed by atoms with E-state index in [-0.39, 0.29) is 16.9 Å². The van der Waals surface area contributed by atoms with Gasteiger partial charge in [0, 0.05) is 40.6 Å². The molecule has 4 unspecified atom stereocenters. The lowest BCUT2D eigenvalue weighted by Crippen LogP contribution is -2.49. The average molecular weight is 754 g/mol. The third-order valence-corrected chi connectivity index (χ3v) is 13.9. The number of nitrogens with two attached hydrogens (primary N) is 1. The molecule has 2 heterocycles. The standard InChI is InChI=1S/C21H27BrN2O.C21H26N4O/c1-12-9-20(10-13(2)19(12)25-5)11-16-6-7-17(22)8-18(16)21(20)23-14(3)15(4)24-21;1-12-8-20(9-13(2)18(12)26-4)10-16-6-5-15(11-22)7-17(16)21(20)24-14(3)19(23)25-21/h6-8,12-13,19H,9-11H2,1-5H3;5-7,12-13,18H,8-10H2,1-4H3,(H2,23,25)/t12-,13+,19?,20?;12-,13+,18?,20?,21-/m.0/s1. The zero-order valence-electron chi connectivity index (χ0n) is 31.7. The van der Waals surface area contributed by atoms with Gasteiger partial charge in [-0.1, -0.05) is 55.8 Å². The van der Waals surface area contributed by atoms with Gasteiger partial charge in [0.1, 0.15) is 5.84 Å². The van der Waals surface area contributed by atoms with Gasteiger partial charge in [-0.25, -0.2) is 4.99 Å². The van der Waals surface area contributed by atoms with Gasteiger partial charge < -0.3 is 15.2 Å². The van der Waals surface area contributed by atoms with Crippen LogP contribution in [0.15, 0.2) is 60.8 Å². The zero-order valence-corrected chi connectivity index (χ0v) is 33.3. The summed E-state index contributed by atoms with van der Waals surface area (Å²) in [6.07, 6.45) is 6.75. The summed E-state index contributed by atoms with van der Waals surface area (Å²) in [5.41, 5.74) is 13.7. The van der Waals surface area contributed by atoms with Gasteiger partial charge in [0.15, 0.2) is 11.3 Å². The topological polar surface area (TPSA) is 118 Å². The molecule has 8 rings (SSSR count). The van der Waals surface area contributed by atoms with Crippen molar-refractivity contribution in [2.24, 2.45) is 60.2 Å². The third kappa shape index (κ3) is 5.33. The van der Waals surface area contributed by atoms with Crippen LogP contribution in [0.2, 0.25) is 0 Å². The molecule has 2 N–H and O–H groups in total. The summed E-state index contributed by atoms with van der Waals surface area (Å²) in [4.78, 5) is 20.5. The molecule has 2 saturated carbocycles. The van der Waals surface area contributed by atoms with Crippen molar-refractivity contribution in [1.82, 2.24) is 0 Å². The predicted molar refractivity (Wildman–Crippen MR) is 209 cm³/mol. The van der Waals surface area contributed by atoms with Crippen LogP contribution in [0, 0.1) is 45.8 Å². The van der Waals surface area contributed by atoms with Gasteiger partial charge in [0.2, 0.25) is 0 Å². The maximum atomic E-state index is 9.39. The Morgan fingerprint density at radius 2 is 1.12 bits per heavy atom. The van der Waals surface area contributed by atoms with Crippen LogP contribution in [0.1, 0.15) is 102 Å². The van der Waals surface area contributed by atoms with E-state index in [1.165, 1.54) is 16.7 Å². The van der Waals surface area contributed by atoms with Crippen molar-refractivity contribution in [3.63, 3.8) is 0 Å². The number of fused-ring (bicyclic) bond motifs is 6. The number of hydrogen-bond acceptors (Lipinski definition) is 8. The van der Waals surface area contributed by atoms with Crippen molar-refractivity contribution in [2.45, 2.75) is 111 Å². The Labute approximate surface area is 312 Å². The van der Waals surface area contributed by atoms with E-state index >= 15 is 0 Å². The lowest BCUT2D eigenvalue weighted by Gasteiger charge is -2.50. The van der Waals surface area contributed by atoms with Crippen molar-refractivity contribution < 1.29 is 9.47 Å². The number of ether oxygens (including phenoxy) is 2. The van der Waals surface area contributed by atoms with Gasteiger partial charge >= 0.3 is 0 Å². The third-order valence-electron chi connectivity index (χ3n) is 13.4. The number of hydrogen-bond donors (Lipinski definition) is 1. The molecule has 2 fully saturated rings. The van der Waals surface area contributed by atoms with Gasteiger partial charge in [-0.3, -0.25) is 15.0 Å². The fraction of sp³-hybridized carbons (Fsp3) is 0.595. The molecule has 9 atom stereocenters. The van der Waals surface area contributed by atoms with E-state index in [0.717, 1.165) is 65.7 Å². The van der Waals surface area contributed by atoms with Crippen LogP contribution in [0.25, 0.3) is 0 Å². The minimum absolute atomic E-state index is 0.0585. The van der Waals surface area contributed by atoms with Crippen molar-refractivity contribution in [3.05, 3.63) is 68.7 Å². The molecule has 270 valence electrons. The summed E-state index contributed by atoms with van der Waals surface area (Å²) < 4.78 is 12.7. The molecule has 0 aromatic heterocycles. The quantitative estimate of drug-likeness (QED) is 0.332. The summed E-state index contributed by atoms with van der Waals surface area (Å²) in [5, 5.41) is 9.39. The highest BCUT2D eigenvalue weighted by atomic mass is 79.9. The van der Waals surface area contributed by atoms with Crippen LogP contribution in [0.4, 0.5) is 0 Å². The molecule has 4 aliphatic carbocycles. The van der Waals surface area contributed by atoms with Gasteiger partial charge in [-0.2, -0.15) is 5.26 Å². The molecule has 51 heavy (non-hydrogen) atoms. The minimum atomic E-state index is -0.690. The molecule has 0 saturated heterocycles. The number of benzene rings is 2. The molecule has 2 aromatic rings. The largest absolute Gasteiger partial charge is 0.382 e. The summed E-state index contributed by atoms with van der Waals surface area (Å²) in [5.74, 6) is 2.37. The van der Waals surface area contributed by atoms with Crippen LogP contribution in [-0.4, -0.2) is 49.4 Å². The van der Waals surface area contributed by atoms with Crippen LogP contribution in [0.5, 0.6) is 0 Å². The van der Waals surface area contributed by atoms with E-state index in [0.29, 0.717) is 41.2 Å². The maximum absolute atomic E-state index is 9.39. The van der Waals surface area contributed by atoms with Gasteiger partial charge in [0.25, 0.3) is 0 Å². The Bertz CT molecular complexity index is 1860. The van der Waals surface area contributed by atoms with Crippen LogP contribution < -0.4 is 5.73 Å². The van der Waals surface area contributed by atoms with Crippen molar-refractivity contribution in [1.29, 1.82) is 5.26 Å². The highest BCUT2D eigenvalue weighted by Gasteiger charge is 2.64. The van der Waals surface area contributed by atoms with E-state index in [1.807, 2.05) is 33.3 Å². The SMILES string of the molecule is COC1[C@H](C)CC2(Cc3ccc(Br)cc3C23N=C(C)C(C)=N3)C[C@@H]1C.COC1[C@H](C)CC2(Cc3ccc(C#N)cc3[C@@]23N=C(C)C(N)=N3)C[C@@H]1C. The Morgan fingerprint density at radius 3 is 1.55 bits per heavy atom. The first-order chi connectivity index (χ1) is 24.2. The van der Waals surface area contributed by atoms with E-state index in [9.17, 15) is 5.26 Å². The van der Waals surface area contributed by atoms with E-state index < -0.39 is 11.3 Å². The summed E-state index contributed by atoms with van der Waals surface area (Å²) >= 11 is 3.67. The van der Waals surface area contributed by atoms with Gasteiger partial charge in [-0.15, -0.1) is 0 Å². The molecule has 2 aliphatic heterocycles. The Morgan fingerprint density at radius 1 is 0.686 bits per heavy atom. The first-order valence-electron chi connectivity index (χ1n) is 18.6. The van der Waals surface area contributed by atoms with Crippen molar-refractivity contribution >= 4 is 38.9 Å². The normalized spacial score (nSPS) is 37.0. The fourth-order valence-electron chi connectivity index (χ4n) is 11.7. The number of amidine groups is 1. The Kier molecular flexibility index (Phi) is 9.04. The van der Waals surface area contributed by atoms with Gasteiger partial charge in [0.05, 0.1) is 41.0 Å². The monoisotopic (exact) mass is 752 g/mol. The van der Waals surface area contributed by atoms with Crippen molar-refractivity contribution in [2.75, 3.05) is 14.2 Å². The lowest BCUT2D eigenvalue weighted by molar-refractivity contribution is -0.0729. The second-order valence-corrected chi connectivity index (χ2v) is 17.7. The predicted octanol–water partition coefficient (Wildman–Crippen LogP) is 8.33. The number of rotatable bonds is 2. The smallest absolute Gasteiger partial charge is 0.184 e. The van der Waals surface area contributed by atoms with Crippen molar-refractivity contribution in [3.8, 4) is 6.07 Å². The fourth-order valence-corrected chi connectivity index (χ4v) is 12.0. The van der Waals surface area contributed by atoms with E-state index in [1.54, 1.807) is 0 Å². The first kappa shape index (κ1) is 36.2. The molecule has 0 radical (unpaired) electrons. The molecule has 0 bridgehead atoms. The number of nitriles is 1. The molecule has 8 nitrogen and oxygen atoms in total. The van der Waals surface area contributed by atoms with Crippen LogP contribution >= 0.6 is 15.9 Å². The maximum Gasteiger partial charge on any atom is 0.184 e. The minimum Gasteiger partial charge on any atom is -0.382 e. The second-order valence-electron chi connectivity index (χ2n) is 16.8. The highest BCUT2D eigenvalue weighted by molar-refractivity contribution is 9.10.